The summed E-state index contributed by atoms with van der Waals surface area (Å²) in [7, 11) is 0. The van der Waals surface area contributed by atoms with E-state index in [-0.39, 0.29) is 17.7 Å². The molecular formula is C14H22FNO2. The number of halogens is 1. The molecule has 0 aromatic heterocycles. The highest BCUT2D eigenvalue weighted by Gasteiger charge is 2.02. The Balaban J connectivity index is 2.12. The van der Waals surface area contributed by atoms with Gasteiger partial charge in [-0.3, -0.25) is 0 Å². The second-order valence-electron chi connectivity index (χ2n) is 4.58. The molecule has 0 spiro atoms. The molecule has 18 heavy (non-hydrogen) atoms. The van der Waals surface area contributed by atoms with E-state index in [1.165, 1.54) is 18.2 Å². The molecule has 0 fully saturated rings. The quantitative estimate of drug-likeness (QED) is 0.702. The van der Waals surface area contributed by atoms with E-state index in [4.69, 9.17) is 4.74 Å². The van der Waals surface area contributed by atoms with Crippen LogP contribution in [-0.2, 0) is 11.3 Å². The molecular weight excluding hydrogens is 233 g/mol. The molecule has 3 nitrogen and oxygen atoms in total. The Morgan fingerprint density at radius 3 is 2.83 bits per heavy atom. The fourth-order valence-electron chi connectivity index (χ4n) is 1.59. The fraction of sp³-hybridized carbons (Fsp3) is 0.571. The molecule has 0 heterocycles. The van der Waals surface area contributed by atoms with Crippen LogP contribution in [0, 0.1) is 5.82 Å². The number of nitrogens with one attached hydrogen (secondary N) is 1. The van der Waals surface area contributed by atoms with Crippen LogP contribution in [0.2, 0.25) is 0 Å². The molecule has 0 saturated heterocycles. The van der Waals surface area contributed by atoms with Crippen LogP contribution in [0.5, 0.6) is 5.75 Å². The summed E-state index contributed by atoms with van der Waals surface area (Å²) < 4.78 is 18.4. The van der Waals surface area contributed by atoms with Crippen LogP contribution in [0.3, 0.4) is 0 Å². The summed E-state index contributed by atoms with van der Waals surface area (Å²) in [6.45, 7) is 6.12. The zero-order valence-corrected chi connectivity index (χ0v) is 11.1. The van der Waals surface area contributed by atoms with Gasteiger partial charge in [0, 0.05) is 18.7 Å². The second-order valence-corrected chi connectivity index (χ2v) is 4.58. The molecule has 0 aliphatic rings. The van der Waals surface area contributed by atoms with Crippen LogP contribution in [0.4, 0.5) is 4.39 Å². The summed E-state index contributed by atoms with van der Waals surface area (Å²) in [5.74, 6) is -0.193. The monoisotopic (exact) mass is 255 g/mol. The van der Waals surface area contributed by atoms with Gasteiger partial charge in [-0.05, 0) is 51.4 Å². The van der Waals surface area contributed by atoms with Gasteiger partial charge in [0.2, 0.25) is 0 Å². The lowest BCUT2D eigenvalue weighted by molar-refractivity contribution is 0.0760. The number of phenols is 1. The standard InChI is InChI=1S/C14H22FNO2/c1-11(2)18-8-4-3-7-16-10-12-9-13(15)5-6-14(12)17/h5-6,9,11,16-17H,3-4,7-8,10H2,1-2H3. The minimum absolute atomic E-state index is 0.132. The van der Waals surface area contributed by atoms with Gasteiger partial charge in [0.15, 0.2) is 0 Å². The third kappa shape index (κ3) is 5.98. The molecule has 0 radical (unpaired) electrons. The first-order valence-electron chi connectivity index (χ1n) is 6.39. The average Bonchev–Trinajstić information content (AvgIpc) is 2.32. The summed E-state index contributed by atoms with van der Waals surface area (Å²) in [5.41, 5.74) is 0.591. The first kappa shape index (κ1) is 14.9. The number of phenolic OH excluding ortho intramolecular Hbond substituents is 1. The molecule has 0 bridgehead atoms. The predicted octanol–water partition coefficient (Wildman–Crippen LogP) is 2.83. The van der Waals surface area contributed by atoms with Crippen molar-refractivity contribution >= 4 is 0 Å². The van der Waals surface area contributed by atoms with E-state index in [1.807, 2.05) is 13.8 Å². The third-order valence-electron chi connectivity index (χ3n) is 2.56. The smallest absolute Gasteiger partial charge is 0.123 e. The lowest BCUT2D eigenvalue weighted by Gasteiger charge is -2.08. The zero-order chi connectivity index (χ0) is 13.4. The van der Waals surface area contributed by atoms with Crippen LogP contribution in [0.15, 0.2) is 18.2 Å². The van der Waals surface area contributed by atoms with Gasteiger partial charge < -0.3 is 15.2 Å². The number of hydrogen-bond acceptors (Lipinski definition) is 3. The molecule has 0 unspecified atom stereocenters. The van der Waals surface area contributed by atoms with E-state index in [1.54, 1.807) is 0 Å². The molecule has 102 valence electrons. The molecule has 1 aromatic rings. The summed E-state index contributed by atoms with van der Waals surface area (Å²) in [6, 6.07) is 3.98. The predicted molar refractivity (Wildman–Crippen MR) is 70.1 cm³/mol. The summed E-state index contributed by atoms with van der Waals surface area (Å²) in [4.78, 5) is 0. The lowest BCUT2D eigenvalue weighted by atomic mass is 10.2. The number of ether oxygens (including phenoxy) is 1. The van der Waals surface area contributed by atoms with Crippen molar-refractivity contribution in [3.05, 3.63) is 29.6 Å². The van der Waals surface area contributed by atoms with Gasteiger partial charge in [-0.25, -0.2) is 4.39 Å². The lowest BCUT2D eigenvalue weighted by Crippen LogP contribution is -2.15. The van der Waals surface area contributed by atoms with Crippen molar-refractivity contribution in [1.29, 1.82) is 0 Å². The van der Waals surface area contributed by atoms with Crippen molar-refractivity contribution < 1.29 is 14.2 Å². The van der Waals surface area contributed by atoms with Crippen molar-refractivity contribution in [2.75, 3.05) is 13.2 Å². The Hall–Kier alpha value is -1.13. The Bertz CT molecular complexity index is 356. The van der Waals surface area contributed by atoms with Gasteiger partial charge in [0.25, 0.3) is 0 Å². The van der Waals surface area contributed by atoms with Gasteiger partial charge in [-0.2, -0.15) is 0 Å². The van der Waals surface area contributed by atoms with Crippen LogP contribution in [0.25, 0.3) is 0 Å². The molecule has 0 aliphatic heterocycles. The molecule has 2 N–H and O–H groups in total. The van der Waals surface area contributed by atoms with Crippen LogP contribution < -0.4 is 5.32 Å². The molecule has 0 aliphatic carbocycles. The Morgan fingerprint density at radius 1 is 1.33 bits per heavy atom. The topological polar surface area (TPSA) is 41.5 Å². The summed E-state index contributed by atoms with van der Waals surface area (Å²) in [6.07, 6.45) is 2.28. The van der Waals surface area contributed by atoms with Gasteiger partial charge in [0.05, 0.1) is 6.10 Å². The van der Waals surface area contributed by atoms with Crippen LogP contribution in [0.1, 0.15) is 32.3 Å². The van der Waals surface area contributed by atoms with Crippen molar-refractivity contribution in [2.45, 2.75) is 39.3 Å². The van der Waals surface area contributed by atoms with E-state index in [0.717, 1.165) is 26.0 Å². The maximum atomic E-state index is 12.9. The third-order valence-corrected chi connectivity index (χ3v) is 2.56. The Morgan fingerprint density at radius 2 is 2.11 bits per heavy atom. The number of rotatable bonds is 8. The van der Waals surface area contributed by atoms with E-state index in [0.29, 0.717) is 12.1 Å². The SMILES string of the molecule is CC(C)OCCCCNCc1cc(F)ccc1O. The van der Waals surface area contributed by atoms with Crippen LogP contribution >= 0.6 is 0 Å². The van der Waals surface area contributed by atoms with Crippen molar-refractivity contribution in [3.63, 3.8) is 0 Å². The van der Waals surface area contributed by atoms with Gasteiger partial charge in [-0.1, -0.05) is 0 Å². The van der Waals surface area contributed by atoms with Crippen LogP contribution in [-0.4, -0.2) is 24.4 Å². The molecule has 1 aromatic carbocycles. The fourth-order valence-corrected chi connectivity index (χ4v) is 1.59. The highest BCUT2D eigenvalue weighted by Crippen LogP contribution is 2.17. The van der Waals surface area contributed by atoms with Crippen molar-refractivity contribution in [2.24, 2.45) is 0 Å². The molecule has 4 heteroatoms. The maximum absolute atomic E-state index is 12.9. The van der Waals surface area contributed by atoms with Crippen molar-refractivity contribution in [3.8, 4) is 5.75 Å². The van der Waals surface area contributed by atoms with Gasteiger partial charge in [-0.15, -0.1) is 0 Å². The normalized spacial score (nSPS) is 11.1. The molecule has 0 amide bonds. The number of aromatic hydroxyl groups is 1. The van der Waals surface area contributed by atoms with E-state index < -0.39 is 0 Å². The first-order valence-corrected chi connectivity index (χ1v) is 6.39. The highest BCUT2D eigenvalue weighted by atomic mass is 19.1. The van der Waals surface area contributed by atoms with Gasteiger partial charge in [0.1, 0.15) is 11.6 Å². The molecule has 0 atom stereocenters. The first-order chi connectivity index (χ1) is 8.59. The largest absolute Gasteiger partial charge is 0.508 e. The van der Waals surface area contributed by atoms with Crippen molar-refractivity contribution in [1.82, 2.24) is 5.32 Å². The van der Waals surface area contributed by atoms with E-state index >= 15 is 0 Å². The molecule has 0 saturated carbocycles. The number of hydrogen-bond donors (Lipinski definition) is 2. The minimum Gasteiger partial charge on any atom is -0.508 e. The van der Waals surface area contributed by atoms with E-state index in [9.17, 15) is 9.50 Å². The summed E-state index contributed by atoms with van der Waals surface area (Å²) >= 11 is 0. The Kier molecular flexibility index (Phi) is 6.68. The van der Waals surface area contributed by atoms with E-state index in [2.05, 4.69) is 5.32 Å². The maximum Gasteiger partial charge on any atom is 0.123 e. The highest BCUT2D eigenvalue weighted by molar-refractivity contribution is 5.32. The van der Waals surface area contributed by atoms with Gasteiger partial charge >= 0.3 is 0 Å². The molecule has 1 rings (SSSR count). The second kappa shape index (κ2) is 8.06. The zero-order valence-electron chi connectivity index (χ0n) is 11.1. The summed E-state index contributed by atoms with van der Waals surface area (Å²) in [5, 5.41) is 12.7. The number of benzene rings is 1. The average molecular weight is 255 g/mol. The number of unbranched alkanes of at least 4 members (excludes halogenated alkanes) is 1. The minimum atomic E-state index is -0.324. The Labute approximate surface area is 108 Å².